The Morgan fingerprint density at radius 1 is 1.09 bits per heavy atom. The minimum atomic E-state index is -0.559. The second-order valence-electron chi connectivity index (χ2n) is 8.78. The summed E-state index contributed by atoms with van der Waals surface area (Å²) in [6, 6.07) is 7.39. The van der Waals surface area contributed by atoms with Crippen LogP contribution in [0.15, 0.2) is 42.0 Å². The van der Waals surface area contributed by atoms with Crippen molar-refractivity contribution in [2.75, 3.05) is 31.1 Å². The third kappa shape index (κ3) is 5.60. The molecule has 0 radical (unpaired) electrons. The average molecular weight is 454 g/mol. The molecule has 4 heterocycles. The van der Waals surface area contributed by atoms with Crippen molar-refractivity contribution in [1.29, 1.82) is 0 Å². The van der Waals surface area contributed by atoms with Crippen LogP contribution >= 0.6 is 11.3 Å². The maximum absolute atomic E-state index is 12.1. The summed E-state index contributed by atoms with van der Waals surface area (Å²) in [7, 11) is 0. The lowest BCUT2D eigenvalue weighted by Gasteiger charge is -2.34. The van der Waals surface area contributed by atoms with Crippen LogP contribution in [0.3, 0.4) is 0 Å². The van der Waals surface area contributed by atoms with Gasteiger partial charge in [-0.25, -0.2) is 4.79 Å². The van der Waals surface area contributed by atoms with Gasteiger partial charge >= 0.3 is 5.97 Å². The number of rotatable bonds is 5. The van der Waals surface area contributed by atoms with Crippen molar-refractivity contribution in [2.24, 2.45) is 0 Å². The molecule has 0 aromatic carbocycles. The predicted octanol–water partition coefficient (Wildman–Crippen LogP) is 3.58. The van der Waals surface area contributed by atoms with Crippen LogP contribution in [0.25, 0.3) is 11.1 Å². The molecule has 1 saturated heterocycles. The van der Waals surface area contributed by atoms with Gasteiger partial charge in [0.2, 0.25) is 0 Å². The summed E-state index contributed by atoms with van der Waals surface area (Å²) < 4.78 is 5.34. The Morgan fingerprint density at radius 2 is 1.88 bits per heavy atom. The third-order valence-electron chi connectivity index (χ3n) is 5.05. The fourth-order valence-electron chi connectivity index (χ4n) is 3.49. The molecule has 0 saturated carbocycles. The highest BCUT2D eigenvalue weighted by molar-refractivity contribution is 7.10. The van der Waals surface area contributed by atoms with Crippen LogP contribution in [-0.4, -0.2) is 62.9 Å². The molecule has 3 aromatic heterocycles. The maximum Gasteiger partial charge on any atom is 0.359 e. The van der Waals surface area contributed by atoms with E-state index < -0.39 is 11.6 Å². The van der Waals surface area contributed by atoms with Gasteiger partial charge in [-0.05, 0) is 56.0 Å². The highest BCUT2D eigenvalue weighted by atomic mass is 32.1. The smallest absolute Gasteiger partial charge is 0.359 e. The van der Waals surface area contributed by atoms with Gasteiger partial charge < -0.3 is 14.7 Å². The van der Waals surface area contributed by atoms with Gasteiger partial charge in [0.25, 0.3) is 0 Å². The minimum absolute atomic E-state index is 0.175. The lowest BCUT2D eigenvalue weighted by Crippen LogP contribution is -2.46. The summed E-state index contributed by atoms with van der Waals surface area (Å²) in [6.07, 6.45) is 3.20. The second-order valence-corrected chi connectivity index (χ2v) is 9.77. The minimum Gasteiger partial charge on any atom is -0.506 e. The Balaban J connectivity index is 1.30. The second kappa shape index (κ2) is 9.22. The van der Waals surface area contributed by atoms with Crippen molar-refractivity contribution < 1.29 is 14.6 Å². The number of ether oxygens (including phenoxy) is 1. The van der Waals surface area contributed by atoms with E-state index in [4.69, 9.17) is 4.74 Å². The molecule has 1 aliphatic rings. The van der Waals surface area contributed by atoms with Crippen LogP contribution < -0.4 is 4.90 Å². The van der Waals surface area contributed by atoms with Gasteiger partial charge in [-0.15, -0.1) is 21.5 Å². The Hall–Kier alpha value is -3.04. The van der Waals surface area contributed by atoms with E-state index in [1.807, 2.05) is 26.8 Å². The van der Waals surface area contributed by atoms with E-state index in [2.05, 4.69) is 36.4 Å². The standard InChI is InChI=1S/C23H27N5O3S/c1-23(2,3)31-22(30)20-4-5-21(26-25-20)28-8-6-27(7-9-28)14-19-11-17(15-32-19)16-10-18(29)13-24-12-16/h4-5,10-13,15,29H,6-9,14H2,1-3H3. The van der Waals surface area contributed by atoms with E-state index >= 15 is 0 Å². The molecule has 1 aliphatic heterocycles. The Kier molecular flexibility index (Phi) is 6.38. The lowest BCUT2D eigenvalue weighted by atomic mass is 10.1. The van der Waals surface area contributed by atoms with E-state index in [1.165, 1.54) is 11.1 Å². The molecule has 4 rings (SSSR count). The molecule has 9 heteroatoms. The summed E-state index contributed by atoms with van der Waals surface area (Å²) in [6.45, 7) is 9.87. The molecular formula is C23H27N5O3S. The normalized spacial score (nSPS) is 15.0. The predicted molar refractivity (Wildman–Crippen MR) is 124 cm³/mol. The zero-order chi connectivity index (χ0) is 22.7. The van der Waals surface area contributed by atoms with Gasteiger partial charge in [-0.2, -0.15) is 0 Å². The van der Waals surface area contributed by atoms with E-state index in [9.17, 15) is 9.90 Å². The number of carbonyl (C=O) groups excluding carboxylic acids is 1. The first-order valence-corrected chi connectivity index (χ1v) is 11.4. The largest absolute Gasteiger partial charge is 0.506 e. The summed E-state index contributed by atoms with van der Waals surface area (Å²) in [4.78, 5) is 22.0. The molecular weight excluding hydrogens is 426 g/mol. The van der Waals surface area contributed by atoms with E-state index in [0.717, 1.165) is 49.7 Å². The Labute approximate surface area is 191 Å². The van der Waals surface area contributed by atoms with Crippen LogP contribution in [0.2, 0.25) is 0 Å². The number of anilines is 1. The van der Waals surface area contributed by atoms with E-state index in [0.29, 0.717) is 0 Å². The number of esters is 1. The van der Waals surface area contributed by atoms with Crippen molar-refractivity contribution in [2.45, 2.75) is 32.9 Å². The van der Waals surface area contributed by atoms with Crippen molar-refractivity contribution in [3.63, 3.8) is 0 Å². The first-order valence-electron chi connectivity index (χ1n) is 10.5. The number of pyridine rings is 1. The zero-order valence-electron chi connectivity index (χ0n) is 18.5. The van der Waals surface area contributed by atoms with Crippen LogP contribution in [0.4, 0.5) is 5.82 Å². The molecule has 168 valence electrons. The van der Waals surface area contributed by atoms with E-state index in [-0.39, 0.29) is 11.4 Å². The van der Waals surface area contributed by atoms with Crippen LogP contribution in [0.1, 0.15) is 36.1 Å². The molecule has 32 heavy (non-hydrogen) atoms. The first-order chi connectivity index (χ1) is 15.3. The van der Waals surface area contributed by atoms with Crippen molar-refractivity contribution in [3.05, 3.63) is 52.6 Å². The fraction of sp³-hybridized carbons (Fsp3) is 0.391. The first kappa shape index (κ1) is 22.2. The van der Waals surface area contributed by atoms with Crippen molar-refractivity contribution in [3.8, 4) is 16.9 Å². The molecule has 3 aromatic rings. The van der Waals surface area contributed by atoms with Gasteiger partial charge in [0, 0.05) is 49.4 Å². The van der Waals surface area contributed by atoms with E-state index in [1.54, 1.807) is 29.7 Å². The molecule has 0 spiro atoms. The van der Waals surface area contributed by atoms with Gasteiger partial charge in [-0.3, -0.25) is 9.88 Å². The number of aromatic hydroxyl groups is 1. The number of carbonyl (C=O) groups is 1. The summed E-state index contributed by atoms with van der Waals surface area (Å²) in [5.74, 6) is 0.485. The number of aromatic nitrogens is 3. The molecule has 0 amide bonds. The van der Waals surface area contributed by atoms with Crippen LogP contribution in [0.5, 0.6) is 5.75 Å². The summed E-state index contributed by atoms with van der Waals surface area (Å²) in [5.41, 5.74) is 1.66. The monoisotopic (exact) mass is 453 g/mol. The quantitative estimate of drug-likeness (QED) is 0.586. The van der Waals surface area contributed by atoms with Crippen LogP contribution in [-0.2, 0) is 11.3 Å². The molecule has 0 aliphatic carbocycles. The SMILES string of the molecule is CC(C)(C)OC(=O)c1ccc(N2CCN(Cc3cc(-c4cncc(O)c4)cs3)CC2)nn1. The maximum atomic E-state index is 12.1. The van der Waals surface area contributed by atoms with Gasteiger partial charge in [0.05, 0.1) is 6.20 Å². The highest BCUT2D eigenvalue weighted by Gasteiger charge is 2.22. The summed E-state index contributed by atoms with van der Waals surface area (Å²) in [5, 5.41) is 20.0. The number of nitrogens with zero attached hydrogens (tertiary/aromatic N) is 5. The number of hydrogen-bond acceptors (Lipinski definition) is 9. The molecule has 1 fully saturated rings. The molecule has 0 unspecified atom stereocenters. The van der Waals surface area contributed by atoms with Crippen molar-refractivity contribution >= 4 is 23.1 Å². The lowest BCUT2D eigenvalue weighted by molar-refractivity contribution is 0.00616. The number of piperazine rings is 1. The highest BCUT2D eigenvalue weighted by Crippen LogP contribution is 2.28. The number of hydrogen-bond donors (Lipinski definition) is 1. The summed E-state index contributed by atoms with van der Waals surface area (Å²) >= 11 is 1.72. The molecule has 0 atom stereocenters. The number of thiophene rings is 1. The molecule has 8 nitrogen and oxygen atoms in total. The van der Waals surface area contributed by atoms with Crippen LogP contribution in [0, 0.1) is 0 Å². The molecule has 0 bridgehead atoms. The Morgan fingerprint density at radius 3 is 2.53 bits per heavy atom. The van der Waals surface area contributed by atoms with Crippen molar-refractivity contribution in [1.82, 2.24) is 20.1 Å². The van der Waals surface area contributed by atoms with Gasteiger partial charge in [0.15, 0.2) is 11.5 Å². The zero-order valence-corrected chi connectivity index (χ0v) is 19.3. The fourth-order valence-corrected chi connectivity index (χ4v) is 4.42. The third-order valence-corrected chi connectivity index (χ3v) is 5.97. The topological polar surface area (TPSA) is 91.7 Å². The Bertz CT molecular complexity index is 1070. The van der Waals surface area contributed by atoms with Gasteiger partial charge in [0.1, 0.15) is 11.4 Å². The molecule has 1 N–H and O–H groups in total. The van der Waals surface area contributed by atoms with Gasteiger partial charge in [-0.1, -0.05) is 0 Å². The average Bonchev–Trinajstić information content (AvgIpc) is 3.22.